The quantitative estimate of drug-likeness (QED) is 0.528. The van der Waals surface area contributed by atoms with Crippen LogP contribution in [0.4, 0.5) is 4.39 Å². The lowest BCUT2D eigenvalue weighted by Gasteiger charge is -2.21. The molecule has 25 heavy (non-hydrogen) atoms. The second-order valence-corrected chi connectivity index (χ2v) is 7.64. The van der Waals surface area contributed by atoms with Crippen molar-refractivity contribution >= 4 is 6.21 Å². The zero-order valence-corrected chi connectivity index (χ0v) is 16.1. The van der Waals surface area contributed by atoms with Crippen molar-refractivity contribution in [2.24, 2.45) is 10.9 Å². The molecule has 2 aliphatic rings. The Balaban J connectivity index is 1.86. The maximum atomic E-state index is 13.6. The first-order chi connectivity index (χ1) is 12.1. The predicted molar refractivity (Wildman–Crippen MR) is 106 cm³/mol. The second kappa shape index (κ2) is 10.7. The molecule has 2 rings (SSSR count). The van der Waals surface area contributed by atoms with Crippen molar-refractivity contribution in [1.82, 2.24) is 10.6 Å². The van der Waals surface area contributed by atoms with Crippen LogP contribution in [-0.2, 0) is 0 Å². The molecule has 0 spiro atoms. The van der Waals surface area contributed by atoms with Crippen molar-refractivity contribution in [1.29, 1.82) is 0 Å². The number of hydrogen-bond donors (Lipinski definition) is 2. The van der Waals surface area contributed by atoms with Gasteiger partial charge < -0.3 is 10.6 Å². The van der Waals surface area contributed by atoms with Crippen LogP contribution < -0.4 is 10.6 Å². The molecular weight excluding hydrogens is 313 g/mol. The molecule has 0 aromatic heterocycles. The van der Waals surface area contributed by atoms with E-state index in [9.17, 15) is 4.39 Å². The van der Waals surface area contributed by atoms with Crippen LogP contribution in [0.5, 0.6) is 0 Å². The monoisotopic (exact) mass is 349 g/mol. The molecule has 3 nitrogen and oxygen atoms in total. The third kappa shape index (κ3) is 6.93. The van der Waals surface area contributed by atoms with Gasteiger partial charge in [0.25, 0.3) is 0 Å². The third-order valence-corrected chi connectivity index (χ3v) is 5.78. The number of nitrogens with one attached hydrogen (secondary N) is 2. The van der Waals surface area contributed by atoms with Crippen molar-refractivity contribution < 1.29 is 4.39 Å². The maximum absolute atomic E-state index is 13.6. The number of aliphatic imine (C=N–C) groups is 1. The van der Waals surface area contributed by atoms with Crippen LogP contribution in [0, 0.1) is 5.92 Å². The normalized spacial score (nSPS) is 32.2. The van der Waals surface area contributed by atoms with Crippen LogP contribution in [-0.4, -0.2) is 31.5 Å². The minimum Gasteiger partial charge on any atom is -0.368 e. The fourth-order valence-corrected chi connectivity index (χ4v) is 4.18. The van der Waals surface area contributed by atoms with Gasteiger partial charge in [-0.15, -0.1) is 0 Å². The molecule has 0 bridgehead atoms. The van der Waals surface area contributed by atoms with Gasteiger partial charge in [0, 0.05) is 18.3 Å². The maximum Gasteiger partial charge on any atom is 0.118 e. The molecule has 0 aromatic rings. The minimum absolute atomic E-state index is 0.439. The van der Waals surface area contributed by atoms with Crippen LogP contribution in [0.15, 0.2) is 29.0 Å². The molecule has 0 aromatic carbocycles. The van der Waals surface area contributed by atoms with Gasteiger partial charge in [0.1, 0.15) is 12.0 Å². The summed E-state index contributed by atoms with van der Waals surface area (Å²) in [6.45, 7) is 6.15. The van der Waals surface area contributed by atoms with E-state index in [1.165, 1.54) is 31.3 Å². The fraction of sp³-hybridized carbons (Fsp3) is 0.762. The summed E-state index contributed by atoms with van der Waals surface area (Å²) < 4.78 is 13.6. The predicted octanol–water partition coefficient (Wildman–Crippen LogP) is 4.90. The van der Waals surface area contributed by atoms with Crippen molar-refractivity contribution in [3.05, 3.63) is 24.0 Å². The van der Waals surface area contributed by atoms with E-state index in [-0.39, 0.29) is 0 Å². The van der Waals surface area contributed by atoms with E-state index in [1.54, 1.807) is 0 Å². The Kier molecular flexibility index (Phi) is 8.66. The number of rotatable bonds is 6. The molecular formula is C21H36FN3. The number of hydrogen-bond acceptors (Lipinski definition) is 3. The molecule has 2 saturated carbocycles. The van der Waals surface area contributed by atoms with Gasteiger partial charge in [-0.25, -0.2) is 9.38 Å². The van der Waals surface area contributed by atoms with Crippen molar-refractivity contribution in [3.63, 3.8) is 0 Å². The summed E-state index contributed by atoms with van der Waals surface area (Å²) in [5.41, 5.74) is 1.23. The molecule has 4 atom stereocenters. The Bertz CT molecular complexity index is 472. The number of nitrogens with zero attached hydrogens (tertiary/aromatic N) is 1. The average Bonchev–Trinajstić information content (AvgIpc) is 2.96. The summed E-state index contributed by atoms with van der Waals surface area (Å²) in [4.78, 5) is 4.58. The number of alkyl halides is 1. The van der Waals surface area contributed by atoms with E-state index >= 15 is 0 Å². The zero-order chi connectivity index (χ0) is 18.1. The fourth-order valence-electron chi connectivity index (χ4n) is 4.18. The van der Waals surface area contributed by atoms with Crippen molar-refractivity contribution in [3.8, 4) is 0 Å². The Hall–Kier alpha value is -1.16. The van der Waals surface area contributed by atoms with Crippen LogP contribution >= 0.6 is 0 Å². The molecule has 0 radical (unpaired) electrons. The van der Waals surface area contributed by atoms with Crippen molar-refractivity contribution in [2.75, 3.05) is 7.05 Å². The molecule has 2 N–H and O–H groups in total. The summed E-state index contributed by atoms with van der Waals surface area (Å²) in [5, 5.41) is 6.92. The largest absolute Gasteiger partial charge is 0.368 e. The summed E-state index contributed by atoms with van der Waals surface area (Å²) in [7, 11) is 2.05. The lowest BCUT2D eigenvalue weighted by Crippen LogP contribution is -2.35. The van der Waals surface area contributed by atoms with Gasteiger partial charge in [0.05, 0.1) is 0 Å². The van der Waals surface area contributed by atoms with Crippen LogP contribution in [0.1, 0.15) is 71.1 Å². The number of halogens is 1. The van der Waals surface area contributed by atoms with E-state index in [1.807, 2.05) is 13.3 Å². The summed E-state index contributed by atoms with van der Waals surface area (Å²) in [6.07, 6.45) is 14.0. The molecule has 0 heterocycles. The highest BCUT2D eigenvalue weighted by Crippen LogP contribution is 2.29. The highest BCUT2D eigenvalue weighted by atomic mass is 19.1. The van der Waals surface area contributed by atoms with Gasteiger partial charge in [-0.3, -0.25) is 0 Å². The molecule has 0 aliphatic heterocycles. The molecule has 2 aliphatic carbocycles. The Morgan fingerprint density at radius 1 is 1.04 bits per heavy atom. The molecule has 142 valence electrons. The summed E-state index contributed by atoms with van der Waals surface area (Å²) in [6, 6.07) is 1.03. The van der Waals surface area contributed by atoms with Crippen LogP contribution in [0.3, 0.4) is 0 Å². The van der Waals surface area contributed by atoms with Gasteiger partial charge >= 0.3 is 0 Å². The summed E-state index contributed by atoms with van der Waals surface area (Å²) in [5.74, 6) is 1.19. The SMILES string of the molecule is C=C(N=C/C(=C\C)C1CCCC(F)CC1)NC1CCCCC(NC)C1. The first kappa shape index (κ1) is 20.2. The van der Waals surface area contributed by atoms with E-state index in [4.69, 9.17) is 0 Å². The standard InChI is InChI=1S/C21H36FN3/c1-4-17(18-8-7-9-19(22)13-12-18)15-24-16(2)25-21-11-6-5-10-20(14-21)23-3/h4,15,18-21,23,25H,2,5-14H2,1,3H3/b17-4+,24-15?. The van der Waals surface area contributed by atoms with Gasteiger partial charge in [-0.05, 0) is 76.8 Å². The Morgan fingerprint density at radius 3 is 2.52 bits per heavy atom. The highest BCUT2D eigenvalue weighted by Gasteiger charge is 2.21. The van der Waals surface area contributed by atoms with Gasteiger partial charge in [0.15, 0.2) is 0 Å². The van der Waals surface area contributed by atoms with Gasteiger partial charge in [-0.2, -0.15) is 0 Å². The third-order valence-electron chi connectivity index (χ3n) is 5.78. The topological polar surface area (TPSA) is 36.4 Å². The van der Waals surface area contributed by atoms with E-state index in [0.717, 1.165) is 31.5 Å². The molecule has 2 fully saturated rings. The second-order valence-electron chi connectivity index (χ2n) is 7.64. The zero-order valence-electron chi connectivity index (χ0n) is 16.1. The Morgan fingerprint density at radius 2 is 1.80 bits per heavy atom. The van der Waals surface area contributed by atoms with E-state index in [2.05, 4.69) is 35.2 Å². The molecule has 0 amide bonds. The molecule has 0 saturated heterocycles. The summed E-state index contributed by atoms with van der Waals surface area (Å²) >= 11 is 0. The Labute approximate surface area is 153 Å². The molecule has 4 unspecified atom stereocenters. The van der Waals surface area contributed by atoms with Crippen molar-refractivity contribution in [2.45, 2.75) is 89.4 Å². The first-order valence-electron chi connectivity index (χ1n) is 10.1. The van der Waals surface area contributed by atoms with E-state index in [0.29, 0.717) is 30.8 Å². The average molecular weight is 350 g/mol. The first-order valence-corrected chi connectivity index (χ1v) is 10.1. The number of allylic oxidation sites excluding steroid dienone is 2. The lowest BCUT2D eigenvalue weighted by molar-refractivity contribution is 0.299. The highest BCUT2D eigenvalue weighted by molar-refractivity contribution is 5.79. The lowest BCUT2D eigenvalue weighted by atomic mass is 9.92. The van der Waals surface area contributed by atoms with Gasteiger partial charge in [-0.1, -0.05) is 25.5 Å². The van der Waals surface area contributed by atoms with Gasteiger partial charge in [0.2, 0.25) is 0 Å². The smallest absolute Gasteiger partial charge is 0.118 e. The van der Waals surface area contributed by atoms with Crippen LogP contribution in [0.25, 0.3) is 0 Å². The van der Waals surface area contributed by atoms with Crippen LogP contribution in [0.2, 0.25) is 0 Å². The molecule has 4 heteroatoms. The minimum atomic E-state index is -0.618. The van der Waals surface area contributed by atoms with E-state index < -0.39 is 6.17 Å².